The molecule has 0 radical (unpaired) electrons. The Morgan fingerprint density at radius 3 is 2.28 bits per heavy atom. The summed E-state index contributed by atoms with van der Waals surface area (Å²) in [5, 5.41) is 19.6. The smallest absolute Gasteiger partial charge is 0.234 e. The summed E-state index contributed by atoms with van der Waals surface area (Å²) in [5.74, 6) is 0.0201. The van der Waals surface area contributed by atoms with E-state index in [-0.39, 0.29) is 11.7 Å². The largest absolute Gasteiger partial charge is 0.388 e. The number of hydrogen-bond acceptors (Lipinski definition) is 6. The first kappa shape index (κ1) is 30.6. The molecule has 218 valence electrons. The van der Waals surface area contributed by atoms with Crippen LogP contribution in [-0.2, 0) is 4.79 Å². The lowest BCUT2D eigenvalue weighted by molar-refractivity contribution is -0.113. The molecule has 5 aromatic rings. The summed E-state index contributed by atoms with van der Waals surface area (Å²) in [7, 11) is 0. The topological polar surface area (TPSA) is 87.1 Å². The standard InChI is InChI=1S/C34H30Cl2N4O2S/c1-22-19-29(26(36)20-25(22)35)43-21-31(41)39-27-14-6-5-13-24(27)33(40-30-16-8-10-18-38-30)32(28-15-7-9-17-37-28)34(42)23-11-3-2-4-12-23/h2-20,32-34,42H,21H2,1H3,(H,38,40)(H,39,41)/t32-,33+,34+/m0/s1. The number of pyridine rings is 2. The Balaban J connectivity index is 1.50. The number of thioether (sulfide) groups is 1. The van der Waals surface area contributed by atoms with Crippen molar-refractivity contribution in [3.63, 3.8) is 0 Å². The first-order valence-electron chi connectivity index (χ1n) is 13.7. The van der Waals surface area contributed by atoms with E-state index >= 15 is 0 Å². The monoisotopic (exact) mass is 628 g/mol. The third-order valence-electron chi connectivity index (χ3n) is 6.98. The van der Waals surface area contributed by atoms with E-state index < -0.39 is 18.1 Å². The first-order valence-corrected chi connectivity index (χ1v) is 15.4. The minimum Gasteiger partial charge on any atom is -0.388 e. The Hall–Kier alpha value is -3.88. The van der Waals surface area contributed by atoms with Crippen LogP contribution < -0.4 is 10.6 Å². The van der Waals surface area contributed by atoms with E-state index in [1.54, 1.807) is 18.5 Å². The summed E-state index contributed by atoms with van der Waals surface area (Å²) in [4.78, 5) is 23.2. The lowest BCUT2D eigenvalue weighted by atomic mass is 9.82. The highest BCUT2D eigenvalue weighted by molar-refractivity contribution is 8.00. The number of benzene rings is 3. The number of aryl methyl sites for hydroxylation is 1. The Bertz CT molecular complexity index is 1660. The van der Waals surface area contributed by atoms with Crippen molar-refractivity contribution in [2.75, 3.05) is 16.4 Å². The van der Waals surface area contributed by atoms with Gasteiger partial charge in [0.1, 0.15) is 5.82 Å². The summed E-state index contributed by atoms with van der Waals surface area (Å²) in [5.41, 5.74) is 3.72. The van der Waals surface area contributed by atoms with Crippen LogP contribution in [0.4, 0.5) is 11.5 Å². The molecule has 6 nitrogen and oxygen atoms in total. The Kier molecular flexibility index (Phi) is 10.3. The zero-order valence-electron chi connectivity index (χ0n) is 23.3. The first-order chi connectivity index (χ1) is 20.9. The molecule has 3 aromatic carbocycles. The molecule has 9 heteroatoms. The second-order valence-corrected chi connectivity index (χ2v) is 11.8. The average molecular weight is 630 g/mol. The average Bonchev–Trinajstić information content (AvgIpc) is 3.03. The van der Waals surface area contributed by atoms with Crippen molar-refractivity contribution in [3.8, 4) is 0 Å². The van der Waals surface area contributed by atoms with Gasteiger partial charge in [-0.15, -0.1) is 11.8 Å². The third-order valence-corrected chi connectivity index (χ3v) is 8.87. The van der Waals surface area contributed by atoms with Gasteiger partial charge in [-0.1, -0.05) is 83.9 Å². The molecule has 0 saturated carbocycles. The fourth-order valence-corrected chi connectivity index (χ4v) is 6.23. The molecule has 0 bridgehead atoms. The molecule has 0 aliphatic carbocycles. The zero-order chi connectivity index (χ0) is 30.2. The highest BCUT2D eigenvalue weighted by atomic mass is 35.5. The highest BCUT2D eigenvalue weighted by Gasteiger charge is 2.35. The van der Waals surface area contributed by atoms with E-state index in [2.05, 4.69) is 20.6 Å². The van der Waals surface area contributed by atoms with E-state index in [1.807, 2.05) is 104 Å². The van der Waals surface area contributed by atoms with Crippen LogP contribution in [0.3, 0.4) is 0 Å². The van der Waals surface area contributed by atoms with Crippen LogP contribution in [0.1, 0.15) is 40.4 Å². The van der Waals surface area contributed by atoms with Crippen LogP contribution in [0.2, 0.25) is 10.0 Å². The molecule has 2 aromatic heterocycles. The summed E-state index contributed by atoms with van der Waals surface area (Å²) >= 11 is 13.9. The predicted octanol–water partition coefficient (Wildman–Crippen LogP) is 8.49. The van der Waals surface area contributed by atoms with Crippen LogP contribution in [0.25, 0.3) is 0 Å². The fourth-order valence-electron chi connectivity index (χ4n) is 4.87. The summed E-state index contributed by atoms with van der Waals surface area (Å²) in [6.07, 6.45) is 2.50. The number of amides is 1. The van der Waals surface area contributed by atoms with E-state index in [1.165, 1.54) is 11.8 Å². The number of anilines is 2. The van der Waals surface area contributed by atoms with E-state index in [0.29, 0.717) is 27.2 Å². The van der Waals surface area contributed by atoms with Gasteiger partial charge in [-0.2, -0.15) is 0 Å². The van der Waals surface area contributed by atoms with Gasteiger partial charge in [0.15, 0.2) is 0 Å². The van der Waals surface area contributed by atoms with Crippen LogP contribution >= 0.6 is 35.0 Å². The SMILES string of the molecule is Cc1cc(SCC(=O)Nc2ccccc2[C@@H](Nc2ccccn2)[C@H](c2ccccn2)[C@H](O)c2ccccc2)c(Cl)cc1Cl. The molecule has 0 aliphatic heterocycles. The Labute approximate surface area is 265 Å². The van der Waals surface area contributed by atoms with Gasteiger partial charge < -0.3 is 15.7 Å². The van der Waals surface area contributed by atoms with Crippen molar-refractivity contribution in [2.24, 2.45) is 0 Å². The van der Waals surface area contributed by atoms with Gasteiger partial charge in [-0.25, -0.2) is 4.98 Å². The van der Waals surface area contributed by atoms with Crippen molar-refractivity contribution in [1.29, 1.82) is 0 Å². The molecule has 1 amide bonds. The molecule has 0 spiro atoms. The Morgan fingerprint density at radius 2 is 1.56 bits per heavy atom. The van der Waals surface area contributed by atoms with Crippen LogP contribution in [-0.4, -0.2) is 26.7 Å². The summed E-state index contributed by atoms with van der Waals surface area (Å²) < 4.78 is 0. The molecular weight excluding hydrogens is 599 g/mol. The lowest BCUT2D eigenvalue weighted by Crippen LogP contribution is -2.27. The quantitative estimate of drug-likeness (QED) is 0.127. The second-order valence-electron chi connectivity index (χ2n) is 9.93. The molecule has 3 atom stereocenters. The molecule has 5 rings (SSSR count). The maximum Gasteiger partial charge on any atom is 0.234 e. The summed E-state index contributed by atoms with van der Waals surface area (Å²) in [6.45, 7) is 1.90. The molecule has 0 saturated heterocycles. The van der Waals surface area contributed by atoms with Crippen LogP contribution in [0.15, 0.2) is 120 Å². The second kappa shape index (κ2) is 14.5. The lowest BCUT2D eigenvalue weighted by Gasteiger charge is -2.33. The number of nitrogens with one attached hydrogen (secondary N) is 2. The molecule has 3 N–H and O–H groups in total. The third kappa shape index (κ3) is 7.75. The molecule has 43 heavy (non-hydrogen) atoms. The predicted molar refractivity (Wildman–Crippen MR) is 176 cm³/mol. The minimum absolute atomic E-state index is 0.143. The minimum atomic E-state index is -0.924. The maximum absolute atomic E-state index is 13.3. The number of carbonyl (C=O) groups is 1. The molecule has 0 aliphatic rings. The van der Waals surface area contributed by atoms with Gasteiger partial charge in [0.2, 0.25) is 5.91 Å². The van der Waals surface area contributed by atoms with Gasteiger partial charge in [-0.05, 0) is 66.1 Å². The van der Waals surface area contributed by atoms with Crippen molar-refractivity contribution < 1.29 is 9.90 Å². The van der Waals surface area contributed by atoms with Crippen LogP contribution in [0.5, 0.6) is 0 Å². The van der Waals surface area contributed by atoms with Crippen molar-refractivity contribution in [3.05, 3.63) is 148 Å². The molecule has 0 unspecified atom stereocenters. The highest BCUT2D eigenvalue weighted by Crippen LogP contribution is 2.44. The van der Waals surface area contributed by atoms with Gasteiger partial charge in [0.25, 0.3) is 0 Å². The van der Waals surface area contributed by atoms with Crippen molar-refractivity contribution in [2.45, 2.75) is 29.9 Å². The Morgan fingerprint density at radius 1 is 0.860 bits per heavy atom. The number of aliphatic hydroxyl groups is 1. The summed E-state index contributed by atoms with van der Waals surface area (Å²) in [6, 6.07) is 31.4. The number of nitrogens with zero attached hydrogens (tertiary/aromatic N) is 2. The van der Waals surface area contributed by atoms with Crippen molar-refractivity contribution in [1.82, 2.24) is 9.97 Å². The van der Waals surface area contributed by atoms with Crippen LogP contribution in [0, 0.1) is 6.92 Å². The zero-order valence-corrected chi connectivity index (χ0v) is 25.7. The number of halogens is 2. The van der Waals surface area contributed by atoms with E-state index in [0.717, 1.165) is 21.6 Å². The van der Waals surface area contributed by atoms with E-state index in [9.17, 15) is 9.90 Å². The number of rotatable bonds is 11. The number of aliphatic hydroxyl groups excluding tert-OH is 1. The normalized spacial score (nSPS) is 13.1. The number of carbonyl (C=O) groups excluding carboxylic acids is 1. The van der Waals surface area contributed by atoms with Gasteiger partial charge in [0, 0.05) is 33.7 Å². The number of hydrogen-bond donors (Lipinski definition) is 3. The molecular formula is C34H30Cl2N4O2S. The van der Waals surface area contributed by atoms with Crippen molar-refractivity contribution >= 4 is 52.4 Å². The van der Waals surface area contributed by atoms with Gasteiger partial charge in [-0.3, -0.25) is 9.78 Å². The number of aromatic nitrogens is 2. The number of para-hydroxylation sites is 1. The molecule has 2 heterocycles. The van der Waals surface area contributed by atoms with Gasteiger partial charge in [0.05, 0.1) is 28.8 Å². The van der Waals surface area contributed by atoms with E-state index in [4.69, 9.17) is 23.2 Å². The van der Waals surface area contributed by atoms with Gasteiger partial charge >= 0.3 is 0 Å². The fraction of sp³-hybridized carbons (Fsp3) is 0.147. The molecule has 0 fully saturated rings. The maximum atomic E-state index is 13.3.